The highest BCUT2D eigenvalue weighted by Crippen LogP contribution is 2.18. The van der Waals surface area contributed by atoms with Crippen LogP contribution in [-0.4, -0.2) is 23.5 Å². The van der Waals surface area contributed by atoms with Crippen LogP contribution in [0.4, 0.5) is 13.3 Å². The Hall–Kier alpha value is -1.40. The van der Waals surface area contributed by atoms with Gasteiger partial charge in [-0.2, -0.15) is 8.78 Å². The Kier molecular flexibility index (Phi) is 3.58. The van der Waals surface area contributed by atoms with E-state index in [2.05, 4.69) is 4.94 Å². The summed E-state index contributed by atoms with van der Waals surface area (Å²) in [6, 6.07) is 0. The lowest BCUT2D eigenvalue weighted by atomic mass is 10.1. The van der Waals surface area contributed by atoms with Crippen molar-refractivity contribution in [2.45, 2.75) is 19.3 Å². The highest BCUT2D eigenvalue weighted by Gasteiger charge is 2.50. The van der Waals surface area contributed by atoms with Crippen LogP contribution in [0.15, 0.2) is 0 Å². The predicted octanol–water partition coefficient (Wildman–Crippen LogP) is 0.598. The smallest absolute Gasteiger partial charge is 0.292 e. The molecule has 0 aliphatic rings. The number of carbonyl (C=O) groups excluding carboxylic acids is 3. The molecule has 0 N–H and O–H groups in total. The molecule has 0 bridgehead atoms. The molecular formula is C6H5F3O4. The van der Waals surface area contributed by atoms with Gasteiger partial charge in [0.2, 0.25) is 5.78 Å². The zero-order valence-electron chi connectivity index (χ0n) is 6.47. The van der Waals surface area contributed by atoms with Crippen LogP contribution in [0.1, 0.15) is 13.3 Å². The fourth-order valence-electron chi connectivity index (χ4n) is 0.512. The van der Waals surface area contributed by atoms with Gasteiger partial charge in [0.1, 0.15) is 0 Å². The van der Waals surface area contributed by atoms with Gasteiger partial charge in [-0.05, 0) is 0 Å². The normalized spacial score (nSPS) is 10.8. The van der Waals surface area contributed by atoms with Gasteiger partial charge in [-0.25, -0.2) is 9.74 Å². The molecule has 0 aromatic rings. The van der Waals surface area contributed by atoms with Crippen molar-refractivity contribution in [2.75, 3.05) is 0 Å². The molecule has 0 saturated carbocycles. The summed E-state index contributed by atoms with van der Waals surface area (Å²) in [6.45, 7) is 1.07. The first-order valence-corrected chi connectivity index (χ1v) is 3.16. The van der Waals surface area contributed by atoms with E-state index in [4.69, 9.17) is 0 Å². The molecule has 0 aliphatic heterocycles. The molecule has 0 aromatic heterocycles. The zero-order valence-corrected chi connectivity index (χ0v) is 6.47. The fourth-order valence-corrected chi connectivity index (χ4v) is 0.512. The Morgan fingerprint density at radius 1 is 1.31 bits per heavy atom. The summed E-state index contributed by atoms with van der Waals surface area (Å²) in [5.41, 5.74) is 0. The Morgan fingerprint density at radius 3 is 2.08 bits per heavy atom. The standard InChI is InChI=1S/C6H5F3O4/c1-2-3(10)6(7,8)4(11)5(12)13-9/h2H2,1H3. The summed E-state index contributed by atoms with van der Waals surface area (Å²) in [7, 11) is 0. The van der Waals surface area contributed by atoms with Crippen LogP contribution in [0.3, 0.4) is 0 Å². The van der Waals surface area contributed by atoms with Gasteiger partial charge < -0.3 is 0 Å². The minimum absolute atomic E-state index is 0.641. The van der Waals surface area contributed by atoms with Crippen LogP contribution < -0.4 is 0 Å². The van der Waals surface area contributed by atoms with Crippen LogP contribution >= 0.6 is 0 Å². The zero-order chi connectivity index (χ0) is 10.6. The Balaban J connectivity index is 4.73. The first-order valence-electron chi connectivity index (χ1n) is 3.16. The maximum atomic E-state index is 12.5. The van der Waals surface area contributed by atoms with Crippen molar-refractivity contribution in [3.05, 3.63) is 0 Å². The van der Waals surface area contributed by atoms with E-state index in [1.165, 1.54) is 0 Å². The number of ketones is 2. The topological polar surface area (TPSA) is 60.4 Å². The van der Waals surface area contributed by atoms with Crippen molar-refractivity contribution in [3.8, 4) is 0 Å². The molecule has 13 heavy (non-hydrogen) atoms. The van der Waals surface area contributed by atoms with E-state index >= 15 is 0 Å². The molecule has 0 heterocycles. The van der Waals surface area contributed by atoms with Gasteiger partial charge in [0.25, 0.3) is 0 Å². The average Bonchev–Trinajstić information content (AvgIpc) is 2.13. The van der Waals surface area contributed by atoms with E-state index in [0.29, 0.717) is 0 Å². The van der Waals surface area contributed by atoms with Crippen LogP contribution in [0.5, 0.6) is 0 Å². The SMILES string of the molecule is CCC(=O)C(F)(F)C(=O)C(=O)OF. The van der Waals surface area contributed by atoms with Crippen molar-refractivity contribution >= 4 is 17.5 Å². The molecule has 7 heteroatoms. The van der Waals surface area contributed by atoms with Crippen LogP contribution in [-0.2, 0) is 19.3 Å². The Labute approximate surface area is 70.6 Å². The number of hydrogen-bond acceptors (Lipinski definition) is 4. The minimum Gasteiger partial charge on any atom is -0.292 e. The molecular weight excluding hydrogens is 193 g/mol. The van der Waals surface area contributed by atoms with Gasteiger partial charge in [-0.3, -0.25) is 9.59 Å². The molecule has 0 aromatic carbocycles. The van der Waals surface area contributed by atoms with Crippen molar-refractivity contribution < 1.29 is 32.6 Å². The van der Waals surface area contributed by atoms with Crippen LogP contribution in [0.2, 0.25) is 0 Å². The largest absolute Gasteiger partial charge is 0.421 e. The number of halogens is 3. The van der Waals surface area contributed by atoms with E-state index in [0.717, 1.165) is 6.92 Å². The van der Waals surface area contributed by atoms with E-state index in [9.17, 15) is 27.7 Å². The second kappa shape index (κ2) is 4.01. The fraction of sp³-hybridized carbons (Fsp3) is 0.500. The first kappa shape index (κ1) is 11.6. The predicted molar refractivity (Wildman–Crippen MR) is 32.5 cm³/mol. The van der Waals surface area contributed by atoms with E-state index in [-0.39, 0.29) is 0 Å². The molecule has 0 saturated heterocycles. The lowest BCUT2D eigenvalue weighted by Gasteiger charge is -2.08. The molecule has 0 rings (SSSR count). The molecule has 74 valence electrons. The molecule has 0 atom stereocenters. The molecule has 0 spiro atoms. The summed E-state index contributed by atoms with van der Waals surface area (Å²) in [6.07, 6.45) is -0.641. The Bertz CT molecular complexity index is 248. The summed E-state index contributed by atoms with van der Waals surface area (Å²) >= 11 is 0. The lowest BCUT2D eigenvalue weighted by Crippen LogP contribution is -2.42. The van der Waals surface area contributed by atoms with Crippen LogP contribution in [0.25, 0.3) is 0 Å². The minimum atomic E-state index is -4.50. The van der Waals surface area contributed by atoms with E-state index in [1.807, 2.05) is 0 Å². The van der Waals surface area contributed by atoms with Crippen LogP contribution in [0, 0.1) is 0 Å². The second-order valence-corrected chi connectivity index (χ2v) is 2.04. The summed E-state index contributed by atoms with van der Waals surface area (Å²) in [4.78, 5) is 33.0. The molecule has 0 fully saturated rings. The number of rotatable bonds is 4. The molecule has 0 unspecified atom stereocenters. The van der Waals surface area contributed by atoms with Gasteiger partial charge in [-0.15, -0.1) is 0 Å². The first-order chi connectivity index (χ1) is 5.87. The molecule has 0 amide bonds. The summed E-state index contributed by atoms with van der Waals surface area (Å²) in [5, 5.41) is 0. The van der Waals surface area contributed by atoms with Gasteiger partial charge in [0, 0.05) is 10.9 Å². The third-order valence-corrected chi connectivity index (χ3v) is 1.21. The van der Waals surface area contributed by atoms with Crippen molar-refractivity contribution in [1.29, 1.82) is 0 Å². The Morgan fingerprint density at radius 2 is 1.77 bits per heavy atom. The molecule has 0 radical (unpaired) electrons. The summed E-state index contributed by atoms with van der Waals surface area (Å²) < 4.78 is 36.0. The third kappa shape index (κ3) is 2.27. The third-order valence-electron chi connectivity index (χ3n) is 1.21. The van der Waals surface area contributed by atoms with Gasteiger partial charge >= 0.3 is 17.7 Å². The highest BCUT2D eigenvalue weighted by molar-refractivity contribution is 6.41. The molecule has 4 nitrogen and oxygen atoms in total. The average molecular weight is 198 g/mol. The monoisotopic (exact) mass is 198 g/mol. The quantitative estimate of drug-likeness (QED) is 0.490. The second-order valence-electron chi connectivity index (χ2n) is 2.04. The van der Waals surface area contributed by atoms with Gasteiger partial charge in [0.15, 0.2) is 0 Å². The van der Waals surface area contributed by atoms with Crippen molar-refractivity contribution in [1.82, 2.24) is 0 Å². The number of alkyl halides is 2. The van der Waals surface area contributed by atoms with Crippen molar-refractivity contribution in [3.63, 3.8) is 0 Å². The van der Waals surface area contributed by atoms with Gasteiger partial charge in [-0.1, -0.05) is 6.92 Å². The summed E-state index contributed by atoms with van der Waals surface area (Å²) in [5.74, 6) is -11.1. The molecule has 0 aliphatic carbocycles. The highest BCUT2D eigenvalue weighted by atomic mass is 19.3. The van der Waals surface area contributed by atoms with Gasteiger partial charge in [0.05, 0.1) is 0 Å². The van der Waals surface area contributed by atoms with E-state index in [1.54, 1.807) is 0 Å². The van der Waals surface area contributed by atoms with Crippen molar-refractivity contribution in [2.24, 2.45) is 0 Å². The lowest BCUT2D eigenvalue weighted by molar-refractivity contribution is -0.193. The maximum absolute atomic E-state index is 12.5. The number of Topliss-reactive ketones (excluding diaryl/α,β-unsaturated/α-hetero) is 2. The van der Waals surface area contributed by atoms with E-state index < -0.39 is 29.9 Å². The number of carbonyl (C=O) groups is 3. The maximum Gasteiger partial charge on any atom is 0.421 e. The number of hydrogen-bond donors (Lipinski definition) is 0.